The first-order valence-corrected chi connectivity index (χ1v) is 8.23. The second kappa shape index (κ2) is 10.0. The molecule has 1 N–H and O–H groups in total. The van der Waals surface area contributed by atoms with E-state index in [2.05, 4.69) is 16.9 Å². The van der Waals surface area contributed by atoms with Crippen LogP contribution in [0, 0.1) is 0 Å². The summed E-state index contributed by atoms with van der Waals surface area (Å²) in [6.07, 6.45) is 6.11. The van der Waals surface area contributed by atoms with Crippen molar-refractivity contribution < 1.29 is 4.79 Å². The Morgan fingerprint density at radius 2 is 2.39 bits per heavy atom. The topological polar surface area (TPSA) is 42.0 Å². The first kappa shape index (κ1) is 15.1. The zero-order valence-electron chi connectivity index (χ0n) is 10.3. The lowest BCUT2D eigenvalue weighted by molar-refractivity contribution is -0.120. The van der Waals surface area contributed by atoms with E-state index in [1.807, 2.05) is 24.3 Å². The Kier molecular flexibility index (Phi) is 8.42. The molecule has 0 fully saturated rings. The summed E-state index contributed by atoms with van der Waals surface area (Å²) in [6, 6.07) is 5.82. The number of allylic oxidation sites excluding steroid dienone is 1. The van der Waals surface area contributed by atoms with Crippen molar-refractivity contribution in [2.75, 3.05) is 12.3 Å². The van der Waals surface area contributed by atoms with Gasteiger partial charge in [-0.25, -0.2) is 4.98 Å². The van der Waals surface area contributed by atoms with E-state index in [1.54, 1.807) is 27.8 Å². The van der Waals surface area contributed by atoms with Crippen molar-refractivity contribution in [2.45, 2.75) is 24.3 Å². The predicted octanol–water partition coefficient (Wildman–Crippen LogP) is 3.29. The number of hydrogen-bond donors (Lipinski definition) is 1. The van der Waals surface area contributed by atoms with Gasteiger partial charge in [-0.15, -0.1) is 6.58 Å². The molecule has 0 aliphatic rings. The SMILES string of the molecule is C=CCCCNC(=O)CCSSc1ccccn1. The zero-order chi connectivity index (χ0) is 13.1. The third-order valence-corrected chi connectivity index (χ3v) is 4.37. The van der Waals surface area contributed by atoms with E-state index >= 15 is 0 Å². The molecule has 1 aromatic rings. The van der Waals surface area contributed by atoms with Crippen molar-refractivity contribution in [3.63, 3.8) is 0 Å². The Morgan fingerprint density at radius 3 is 3.11 bits per heavy atom. The number of carbonyl (C=O) groups is 1. The lowest BCUT2D eigenvalue weighted by atomic mass is 10.3. The van der Waals surface area contributed by atoms with Gasteiger partial charge < -0.3 is 5.32 Å². The van der Waals surface area contributed by atoms with Crippen molar-refractivity contribution in [2.24, 2.45) is 0 Å². The molecule has 0 aromatic carbocycles. The highest BCUT2D eigenvalue weighted by molar-refractivity contribution is 8.76. The van der Waals surface area contributed by atoms with Crippen LogP contribution in [-0.2, 0) is 4.79 Å². The first-order valence-electron chi connectivity index (χ1n) is 5.91. The minimum Gasteiger partial charge on any atom is -0.356 e. The Labute approximate surface area is 116 Å². The smallest absolute Gasteiger partial charge is 0.220 e. The number of rotatable bonds is 9. The van der Waals surface area contributed by atoms with E-state index in [1.165, 1.54) is 0 Å². The van der Waals surface area contributed by atoms with Crippen LogP contribution in [0.3, 0.4) is 0 Å². The van der Waals surface area contributed by atoms with Crippen molar-refractivity contribution in [3.8, 4) is 0 Å². The van der Waals surface area contributed by atoms with E-state index in [0.29, 0.717) is 6.42 Å². The highest BCUT2D eigenvalue weighted by Gasteiger charge is 2.01. The standard InChI is InChI=1S/C13H18N2OS2/c1-2-3-5-9-14-12(16)8-11-17-18-13-7-4-6-10-15-13/h2,4,6-7,10H,1,3,5,8-9,11H2,(H,14,16). The summed E-state index contributed by atoms with van der Waals surface area (Å²) < 4.78 is 0. The Hall–Kier alpha value is -0.940. The first-order chi connectivity index (χ1) is 8.83. The van der Waals surface area contributed by atoms with Gasteiger partial charge in [0.05, 0.1) is 0 Å². The van der Waals surface area contributed by atoms with Gasteiger partial charge in [0.25, 0.3) is 0 Å². The fourth-order valence-corrected chi connectivity index (χ4v) is 3.06. The molecule has 0 aliphatic heterocycles. The van der Waals surface area contributed by atoms with Gasteiger partial charge in [0.1, 0.15) is 5.03 Å². The van der Waals surface area contributed by atoms with E-state index in [4.69, 9.17) is 0 Å². The minimum atomic E-state index is 0.119. The molecule has 0 saturated carbocycles. The summed E-state index contributed by atoms with van der Waals surface area (Å²) in [7, 11) is 3.26. The summed E-state index contributed by atoms with van der Waals surface area (Å²) in [5.74, 6) is 0.919. The molecule has 0 aliphatic carbocycles. The van der Waals surface area contributed by atoms with Gasteiger partial charge in [-0.1, -0.05) is 22.9 Å². The quantitative estimate of drug-likeness (QED) is 0.429. The van der Waals surface area contributed by atoms with Gasteiger partial charge in [-0.2, -0.15) is 0 Å². The van der Waals surface area contributed by atoms with Crippen LogP contribution in [0.1, 0.15) is 19.3 Å². The van der Waals surface area contributed by atoms with Crippen LogP contribution >= 0.6 is 21.6 Å². The molecule has 1 amide bonds. The number of hydrogen-bond acceptors (Lipinski definition) is 4. The molecule has 0 spiro atoms. The molecule has 0 radical (unpaired) electrons. The molecular weight excluding hydrogens is 264 g/mol. The monoisotopic (exact) mass is 282 g/mol. The number of nitrogens with zero attached hydrogens (tertiary/aromatic N) is 1. The number of carbonyl (C=O) groups excluding carboxylic acids is 1. The Morgan fingerprint density at radius 1 is 1.50 bits per heavy atom. The second-order valence-electron chi connectivity index (χ2n) is 3.60. The van der Waals surface area contributed by atoms with Crippen molar-refractivity contribution in [1.29, 1.82) is 0 Å². The second-order valence-corrected chi connectivity index (χ2v) is 6.04. The van der Waals surface area contributed by atoms with Crippen LogP contribution < -0.4 is 5.32 Å². The number of unbranched alkanes of at least 4 members (excludes halogenated alkanes) is 1. The highest BCUT2D eigenvalue weighted by Crippen LogP contribution is 2.29. The highest BCUT2D eigenvalue weighted by atomic mass is 33.1. The van der Waals surface area contributed by atoms with Crippen LogP contribution in [0.15, 0.2) is 42.1 Å². The summed E-state index contributed by atoms with van der Waals surface area (Å²) in [4.78, 5) is 15.6. The third-order valence-electron chi connectivity index (χ3n) is 2.10. The fourth-order valence-electron chi connectivity index (χ4n) is 1.20. The minimum absolute atomic E-state index is 0.119. The van der Waals surface area contributed by atoms with Crippen LogP contribution in [-0.4, -0.2) is 23.2 Å². The Bertz CT molecular complexity index is 357. The predicted molar refractivity (Wildman–Crippen MR) is 79.6 cm³/mol. The van der Waals surface area contributed by atoms with E-state index in [9.17, 15) is 4.79 Å². The molecule has 0 saturated heterocycles. The van der Waals surface area contributed by atoms with Crippen molar-refractivity contribution in [3.05, 3.63) is 37.1 Å². The molecule has 0 unspecified atom stereocenters. The van der Waals surface area contributed by atoms with Gasteiger partial charge in [0.15, 0.2) is 0 Å². The van der Waals surface area contributed by atoms with Gasteiger partial charge in [0, 0.05) is 24.9 Å². The van der Waals surface area contributed by atoms with E-state index in [0.717, 1.165) is 30.2 Å². The molecule has 0 atom stereocenters. The largest absolute Gasteiger partial charge is 0.356 e. The molecule has 1 rings (SSSR count). The molecule has 1 aromatic heterocycles. The van der Waals surface area contributed by atoms with E-state index in [-0.39, 0.29) is 5.91 Å². The zero-order valence-corrected chi connectivity index (χ0v) is 11.9. The number of amides is 1. The summed E-state index contributed by atoms with van der Waals surface area (Å²) in [5, 5.41) is 3.87. The molecule has 98 valence electrons. The summed E-state index contributed by atoms with van der Waals surface area (Å²) >= 11 is 0. The average molecular weight is 282 g/mol. The van der Waals surface area contributed by atoms with Gasteiger partial charge >= 0.3 is 0 Å². The van der Waals surface area contributed by atoms with Crippen LogP contribution in [0.5, 0.6) is 0 Å². The molecule has 1 heterocycles. The number of aromatic nitrogens is 1. The number of pyridine rings is 1. The van der Waals surface area contributed by atoms with Crippen LogP contribution in [0.2, 0.25) is 0 Å². The molecule has 18 heavy (non-hydrogen) atoms. The molecule has 5 heteroatoms. The maximum absolute atomic E-state index is 11.4. The average Bonchev–Trinajstić information content (AvgIpc) is 2.41. The van der Waals surface area contributed by atoms with Crippen molar-refractivity contribution >= 4 is 27.5 Å². The van der Waals surface area contributed by atoms with Crippen molar-refractivity contribution in [1.82, 2.24) is 10.3 Å². The molecular formula is C13H18N2OS2. The van der Waals surface area contributed by atoms with E-state index < -0.39 is 0 Å². The third kappa shape index (κ3) is 7.40. The number of nitrogens with one attached hydrogen (secondary N) is 1. The molecule has 0 bridgehead atoms. The summed E-state index contributed by atoms with van der Waals surface area (Å²) in [5.41, 5.74) is 0. The van der Waals surface area contributed by atoms with Gasteiger partial charge in [0.2, 0.25) is 5.91 Å². The van der Waals surface area contributed by atoms with Gasteiger partial charge in [-0.05, 0) is 35.8 Å². The normalized spacial score (nSPS) is 10.0. The fraction of sp³-hybridized carbons (Fsp3) is 0.385. The maximum Gasteiger partial charge on any atom is 0.220 e. The molecule has 3 nitrogen and oxygen atoms in total. The summed E-state index contributed by atoms with van der Waals surface area (Å²) in [6.45, 7) is 4.38. The lowest BCUT2D eigenvalue weighted by Crippen LogP contribution is -2.24. The van der Waals surface area contributed by atoms with Crippen LogP contribution in [0.4, 0.5) is 0 Å². The van der Waals surface area contributed by atoms with Crippen LogP contribution in [0.25, 0.3) is 0 Å². The van der Waals surface area contributed by atoms with Gasteiger partial charge in [-0.3, -0.25) is 4.79 Å². The Balaban J connectivity index is 2.00. The lowest BCUT2D eigenvalue weighted by Gasteiger charge is -2.03. The maximum atomic E-state index is 11.4.